The summed E-state index contributed by atoms with van der Waals surface area (Å²) in [6.45, 7) is 3.74. The Balaban J connectivity index is 1.81. The molecule has 0 radical (unpaired) electrons. The smallest absolute Gasteiger partial charge is 0.398 e. The van der Waals surface area contributed by atoms with Gasteiger partial charge in [-0.15, -0.1) is 0 Å². The average Bonchev–Trinajstić information content (AvgIpc) is 2.75. The number of nitrogens with one attached hydrogen (secondary N) is 2. The van der Waals surface area contributed by atoms with E-state index in [0.717, 1.165) is 11.1 Å². The molecular formula is C22H15Cl6N2O4P. The first-order chi connectivity index (χ1) is 16.4. The van der Waals surface area contributed by atoms with Crippen LogP contribution < -0.4 is 19.5 Å². The predicted molar refractivity (Wildman–Crippen MR) is 143 cm³/mol. The molecule has 1 aliphatic rings. The van der Waals surface area contributed by atoms with E-state index in [-0.39, 0.29) is 59.2 Å². The normalized spacial score (nSPS) is 13.9. The fourth-order valence-corrected chi connectivity index (χ4v) is 6.41. The number of halogens is 6. The Bertz CT molecular complexity index is 1360. The number of amides is 2. The molecule has 1 aliphatic heterocycles. The molecule has 0 unspecified atom stereocenters. The first-order valence-electron chi connectivity index (χ1n) is 9.87. The van der Waals surface area contributed by atoms with Crippen LogP contribution in [0.1, 0.15) is 22.3 Å². The molecule has 6 nitrogen and oxygen atoms in total. The Morgan fingerprint density at radius 3 is 1.83 bits per heavy atom. The summed E-state index contributed by atoms with van der Waals surface area (Å²) in [6, 6.07) is 7.18. The van der Waals surface area contributed by atoms with E-state index in [1.54, 1.807) is 6.07 Å². The minimum absolute atomic E-state index is 0.0116. The van der Waals surface area contributed by atoms with Gasteiger partial charge in [-0.25, -0.2) is 14.4 Å². The van der Waals surface area contributed by atoms with Gasteiger partial charge in [0.25, 0.3) is 0 Å². The Labute approximate surface area is 231 Å². The summed E-state index contributed by atoms with van der Waals surface area (Å²) in [5, 5.41) is 5.26. The maximum atomic E-state index is 13.9. The highest BCUT2D eigenvalue weighted by molar-refractivity contribution is 7.53. The Kier molecular flexibility index (Phi) is 7.67. The summed E-state index contributed by atoms with van der Waals surface area (Å²) in [6.07, 6.45) is -0.0162. The average molecular weight is 615 g/mol. The van der Waals surface area contributed by atoms with Crippen LogP contribution in [0.3, 0.4) is 0 Å². The van der Waals surface area contributed by atoms with Crippen LogP contribution in [0.5, 0.6) is 11.5 Å². The number of carbonyl (C=O) groups is 1. The van der Waals surface area contributed by atoms with Crippen LogP contribution in [0.25, 0.3) is 0 Å². The molecule has 13 heteroatoms. The highest BCUT2D eigenvalue weighted by Gasteiger charge is 2.38. The Morgan fingerprint density at radius 2 is 1.34 bits per heavy atom. The van der Waals surface area contributed by atoms with Crippen molar-refractivity contribution in [3.8, 4) is 11.5 Å². The van der Waals surface area contributed by atoms with Gasteiger partial charge in [-0.2, -0.15) is 0 Å². The molecule has 2 amide bonds. The van der Waals surface area contributed by atoms with Crippen molar-refractivity contribution in [1.29, 1.82) is 0 Å². The summed E-state index contributed by atoms with van der Waals surface area (Å²) in [5.41, 5.74) is 2.81. The van der Waals surface area contributed by atoms with Crippen molar-refractivity contribution in [2.75, 3.05) is 5.32 Å². The first-order valence-corrected chi connectivity index (χ1v) is 13.7. The van der Waals surface area contributed by atoms with Crippen molar-refractivity contribution in [1.82, 2.24) is 5.09 Å². The number of aryl methyl sites for hydroxylation is 2. The molecule has 0 bridgehead atoms. The monoisotopic (exact) mass is 612 g/mol. The largest absolute Gasteiger partial charge is 0.545 e. The summed E-state index contributed by atoms with van der Waals surface area (Å²) >= 11 is 38.0. The lowest BCUT2D eigenvalue weighted by molar-refractivity contribution is 0.253. The highest BCUT2D eigenvalue weighted by atomic mass is 35.5. The van der Waals surface area contributed by atoms with Gasteiger partial charge in [0.15, 0.2) is 11.5 Å². The Morgan fingerprint density at radius 1 is 0.829 bits per heavy atom. The third-order valence-corrected chi connectivity index (χ3v) is 8.62. The van der Waals surface area contributed by atoms with Crippen molar-refractivity contribution in [3.63, 3.8) is 0 Å². The zero-order valence-electron chi connectivity index (χ0n) is 17.9. The SMILES string of the molecule is Cc1ccc(NC(=O)NP2(=O)Oc3c(Cl)cc(Cl)c(Cl)c3Cc3c(Cl)c(Cl)cc(Cl)c3O2)c(C)c1. The fourth-order valence-electron chi connectivity index (χ4n) is 3.48. The van der Waals surface area contributed by atoms with E-state index in [4.69, 9.17) is 78.7 Å². The van der Waals surface area contributed by atoms with E-state index in [0.29, 0.717) is 5.69 Å². The van der Waals surface area contributed by atoms with Gasteiger partial charge in [0.05, 0.1) is 30.1 Å². The van der Waals surface area contributed by atoms with Gasteiger partial charge in [-0.1, -0.05) is 87.3 Å². The van der Waals surface area contributed by atoms with Crippen LogP contribution in [0.4, 0.5) is 10.5 Å². The van der Waals surface area contributed by atoms with E-state index in [1.807, 2.05) is 26.0 Å². The Hall–Kier alpha value is -1.50. The molecule has 0 fully saturated rings. The third-order valence-electron chi connectivity index (χ3n) is 5.08. The van der Waals surface area contributed by atoms with Crippen molar-refractivity contribution in [3.05, 3.63) is 82.7 Å². The van der Waals surface area contributed by atoms with Gasteiger partial charge in [0.1, 0.15) is 0 Å². The van der Waals surface area contributed by atoms with Crippen LogP contribution in [-0.4, -0.2) is 6.03 Å². The molecule has 0 atom stereocenters. The van der Waals surface area contributed by atoms with E-state index in [2.05, 4.69) is 10.4 Å². The van der Waals surface area contributed by atoms with Crippen LogP contribution >= 0.6 is 77.4 Å². The lowest BCUT2D eigenvalue weighted by Gasteiger charge is -2.28. The second-order valence-electron chi connectivity index (χ2n) is 7.66. The lowest BCUT2D eigenvalue weighted by Crippen LogP contribution is -2.31. The lowest BCUT2D eigenvalue weighted by atomic mass is 10.0. The molecular weight excluding hydrogens is 600 g/mol. The number of rotatable bonds is 2. The summed E-state index contributed by atoms with van der Waals surface area (Å²) in [5.74, 6) is -0.205. The van der Waals surface area contributed by atoms with Gasteiger partial charge in [-0.3, -0.25) is 0 Å². The molecule has 0 aliphatic carbocycles. The standard InChI is InChI=1S/C22H15Cl6N2O4P/c1-9-3-4-17(10(2)5-9)29-22(31)30-35(32)33-20-11(18(27)13(23)7-15(20)25)6-12-19(28)14(24)8-16(26)21(12)34-35/h3-5,7-8H,6H2,1-2H3,(H2,29,30,31,32). The van der Waals surface area contributed by atoms with Crippen LogP contribution in [0.2, 0.25) is 30.1 Å². The summed E-state index contributed by atoms with van der Waals surface area (Å²) in [7, 11) is -4.53. The number of hydrogen-bond donors (Lipinski definition) is 2. The van der Waals surface area contributed by atoms with Gasteiger partial charge in [-0.05, 0) is 37.6 Å². The van der Waals surface area contributed by atoms with Crippen molar-refractivity contribution in [2.45, 2.75) is 20.3 Å². The molecule has 184 valence electrons. The predicted octanol–water partition coefficient (Wildman–Crippen LogP) is 9.52. The summed E-state index contributed by atoms with van der Waals surface area (Å²) in [4.78, 5) is 12.8. The third kappa shape index (κ3) is 5.45. The van der Waals surface area contributed by atoms with Gasteiger partial charge in [0.2, 0.25) is 0 Å². The minimum atomic E-state index is -4.53. The minimum Gasteiger partial charge on any atom is -0.398 e. The van der Waals surface area contributed by atoms with Crippen LogP contribution in [0, 0.1) is 13.8 Å². The maximum Gasteiger partial charge on any atom is 0.545 e. The van der Waals surface area contributed by atoms with E-state index in [9.17, 15) is 9.36 Å². The quantitative estimate of drug-likeness (QED) is 0.223. The zero-order chi connectivity index (χ0) is 25.7. The summed E-state index contributed by atoms with van der Waals surface area (Å²) < 4.78 is 25.2. The molecule has 0 aromatic heterocycles. The van der Waals surface area contributed by atoms with Crippen LogP contribution in [0.15, 0.2) is 30.3 Å². The van der Waals surface area contributed by atoms with Crippen molar-refractivity contribution in [2.24, 2.45) is 0 Å². The number of benzene rings is 3. The second-order valence-corrected chi connectivity index (χ2v) is 11.6. The van der Waals surface area contributed by atoms with Crippen molar-refractivity contribution >= 4 is 89.1 Å². The topological polar surface area (TPSA) is 76.7 Å². The molecule has 3 aromatic rings. The van der Waals surface area contributed by atoms with E-state index < -0.39 is 13.8 Å². The van der Waals surface area contributed by atoms with Crippen LogP contribution in [-0.2, 0) is 11.0 Å². The second kappa shape index (κ2) is 10.1. The maximum absolute atomic E-state index is 13.9. The number of fused-ring (bicyclic) bond motifs is 2. The van der Waals surface area contributed by atoms with Gasteiger partial charge in [0, 0.05) is 23.2 Å². The van der Waals surface area contributed by atoms with Gasteiger partial charge >= 0.3 is 13.8 Å². The number of urea groups is 1. The molecule has 0 saturated heterocycles. The number of carbonyl (C=O) groups excluding carboxylic acids is 1. The molecule has 3 aromatic carbocycles. The molecule has 2 N–H and O–H groups in total. The molecule has 0 saturated carbocycles. The number of hydrogen-bond acceptors (Lipinski definition) is 4. The van der Waals surface area contributed by atoms with E-state index >= 15 is 0 Å². The molecule has 4 rings (SSSR count). The van der Waals surface area contributed by atoms with Crippen molar-refractivity contribution < 1.29 is 18.4 Å². The first kappa shape index (κ1) is 26.6. The number of anilines is 1. The zero-order valence-corrected chi connectivity index (χ0v) is 23.4. The molecule has 1 heterocycles. The molecule has 35 heavy (non-hydrogen) atoms. The fraction of sp³-hybridized carbons (Fsp3) is 0.136. The molecule has 0 spiro atoms. The van der Waals surface area contributed by atoms with Gasteiger partial charge < -0.3 is 14.4 Å². The highest BCUT2D eigenvalue weighted by Crippen LogP contribution is 2.56. The van der Waals surface area contributed by atoms with E-state index in [1.165, 1.54) is 12.1 Å².